The number of methoxy groups -OCH3 is 2. The second kappa shape index (κ2) is 9.40. The Balaban J connectivity index is 1.35. The molecule has 1 atom stereocenters. The fourth-order valence-corrected chi connectivity index (χ4v) is 4.91. The van der Waals surface area contributed by atoms with Crippen LogP contribution in [0.5, 0.6) is 11.5 Å². The van der Waals surface area contributed by atoms with Crippen LogP contribution < -0.4 is 14.4 Å². The second-order valence-corrected chi connectivity index (χ2v) is 8.83. The Bertz CT molecular complexity index is 1250. The average molecular weight is 477 g/mol. The van der Waals surface area contributed by atoms with Crippen molar-refractivity contribution >= 4 is 17.6 Å². The minimum atomic E-state index is -0.111. The number of carbonyl (C=O) groups is 2. The molecule has 3 heterocycles. The van der Waals surface area contributed by atoms with Gasteiger partial charge in [0.2, 0.25) is 5.95 Å². The highest BCUT2D eigenvalue weighted by atomic mass is 16.5. The van der Waals surface area contributed by atoms with Gasteiger partial charge in [-0.2, -0.15) is 0 Å². The first-order chi connectivity index (χ1) is 17.0. The third-order valence-electron chi connectivity index (χ3n) is 6.76. The number of aromatic nitrogens is 2. The number of amides is 1. The van der Waals surface area contributed by atoms with E-state index < -0.39 is 0 Å². The molecule has 9 heteroatoms. The maximum Gasteiger partial charge on any atom is 0.289 e. The molecule has 0 saturated carbocycles. The SMILES string of the molecule is COc1ccc(C2CC(=O)c3c(C)nc(N4CCN(C(=O)c5ccco5)CC4)nc3C2)cc1OC. The van der Waals surface area contributed by atoms with Gasteiger partial charge in [-0.05, 0) is 49.1 Å². The third-order valence-corrected chi connectivity index (χ3v) is 6.76. The van der Waals surface area contributed by atoms with E-state index in [4.69, 9.17) is 18.9 Å². The number of piperazine rings is 1. The highest BCUT2D eigenvalue weighted by Crippen LogP contribution is 2.37. The van der Waals surface area contributed by atoms with Crippen LogP contribution in [0, 0.1) is 6.92 Å². The van der Waals surface area contributed by atoms with E-state index in [-0.39, 0.29) is 17.6 Å². The van der Waals surface area contributed by atoms with Gasteiger partial charge in [-0.1, -0.05) is 6.07 Å². The number of ether oxygens (including phenoxy) is 2. The van der Waals surface area contributed by atoms with Crippen LogP contribution in [0.4, 0.5) is 5.95 Å². The first-order valence-electron chi connectivity index (χ1n) is 11.7. The predicted octanol–water partition coefficient (Wildman–Crippen LogP) is 3.27. The number of benzene rings is 1. The number of aryl methyl sites for hydroxylation is 1. The number of rotatable bonds is 5. The molecule has 35 heavy (non-hydrogen) atoms. The molecule has 0 radical (unpaired) electrons. The number of carbonyl (C=O) groups excluding carboxylic acids is 2. The van der Waals surface area contributed by atoms with Gasteiger partial charge >= 0.3 is 0 Å². The Labute approximate surface area is 203 Å². The number of Topliss-reactive ketones (excluding diaryl/α,β-unsaturated/α-hetero) is 1. The van der Waals surface area contributed by atoms with Crippen LogP contribution in [0.2, 0.25) is 0 Å². The summed E-state index contributed by atoms with van der Waals surface area (Å²) in [6.07, 6.45) is 2.55. The van der Waals surface area contributed by atoms with Crippen molar-refractivity contribution in [1.82, 2.24) is 14.9 Å². The molecule has 1 aliphatic heterocycles. The minimum Gasteiger partial charge on any atom is -0.493 e. The van der Waals surface area contributed by atoms with Crippen molar-refractivity contribution in [2.75, 3.05) is 45.3 Å². The summed E-state index contributed by atoms with van der Waals surface area (Å²) in [7, 11) is 3.21. The Morgan fingerprint density at radius 3 is 2.49 bits per heavy atom. The van der Waals surface area contributed by atoms with Gasteiger partial charge < -0.3 is 23.7 Å². The van der Waals surface area contributed by atoms with Gasteiger partial charge in [-0.3, -0.25) is 9.59 Å². The van der Waals surface area contributed by atoms with E-state index in [1.807, 2.05) is 25.1 Å². The number of hydrogen-bond donors (Lipinski definition) is 0. The smallest absolute Gasteiger partial charge is 0.289 e. The molecular weight excluding hydrogens is 448 g/mol. The predicted molar refractivity (Wildman–Crippen MR) is 129 cm³/mol. The van der Waals surface area contributed by atoms with E-state index in [0.717, 1.165) is 11.3 Å². The Morgan fingerprint density at radius 2 is 1.80 bits per heavy atom. The van der Waals surface area contributed by atoms with Gasteiger partial charge in [0.15, 0.2) is 23.0 Å². The van der Waals surface area contributed by atoms with Crippen molar-refractivity contribution in [2.24, 2.45) is 0 Å². The lowest BCUT2D eigenvalue weighted by atomic mass is 9.81. The van der Waals surface area contributed by atoms with E-state index in [1.54, 1.807) is 31.3 Å². The van der Waals surface area contributed by atoms with Gasteiger partial charge in [-0.25, -0.2) is 9.97 Å². The molecule has 2 aromatic heterocycles. The molecule has 1 aliphatic carbocycles. The number of furan rings is 1. The lowest BCUT2D eigenvalue weighted by Gasteiger charge is -2.35. The number of fused-ring (bicyclic) bond motifs is 1. The molecular formula is C26H28N4O5. The second-order valence-electron chi connectivity index (χ2n) is 8.83. The number of anilines is 1. The van der Waals surface area contributed by atoms with Gasteiger partial charge in [0.25, 0.3) is 5.91 Å². The quantitative estimate of drug-likeness (QED) is 0.554. The van der Waals surface area contributed by atoms with Crippen molar-refractivity contribution in [3.8, 4) is 11.5 Å². The van der Waals surface area contributed by atoms with Crippen LogP contribution in [0.25, 0.3) is 0 Å². The van der Waals surface area contributed by atoms with Crippen molar-refractivity contribution < 1.29 is 23.5 Å². The topological polar surface area (TPSA) is 98.0 Å². The number of ketones is 1. The molecule has 1 aromatic carbocycles. The summed E-state index contributed by atoms with van der Waals surface area (Å²) in [6.45, 7) is 4.18. The molecule has 0 bridgehead atoms. The summed E-state index contributed by atoms with van der Waals surface area (Å²) in [4.78, 5) is 39.0. The first kappa shape index (κ1) is 22.9. The molecule has 0 N–H and O–H groups in total. The maximum absolute atomic E-state index is 13.1. The van der Waals surface area contributed by atoms with Crippen LogP contribution in [0.1, 0.15) is 50.2 Å². The van der Waals surface area contributed by atoms with E-state index in [2.05, 4.69) is 9.88 Å². The standard InChI is InChI=1S/C26H28N4O5/c1-16-24-19(13-18(14-20(24)31)17-6-7-21(33-2)23(15-17)34-3)28-26(27-16)30-10-8-29(9-11-30)25(32)22-5-4-12-35-22/h4-7,12,15,18H,8-11,13-14H2,1-3H3. The average Bonchev–Trinajstić information content (AvgIpc) is 3.42. The van der Waals surface area contributed by atoms with Crippen LogP contribution in [-0.4, -0.2) is 67.0 Å². The third kappa shape index (κ3) is 4.34. The summed E-state index contributed by atoms with van der Waals surface area (Å²) < 4.78 is 16.1. The van der Waals surface area contributed by atoms with Gasteiger partial charge in [0, 0.05) is 32.6 Å². The van der Waals surface area contributed by atoms with E-state index in [0.29, 0.717) is 73.5 Å². The van der Waals surface area contributed by atoms with Crippen molar-refractivity contribution in [1.29, 1.82) is 0 Å². The summed E-state index contributed by atoms with van der Waals surface area (Å²) in [5, 5.41) is 0. The van der Waals surface area contributed by atoms with Crippen LogP contribution in [0.15, 0.2) is 41.0 Å². The zero-order chi connectivity index (χ0) is 24.5. The van der Waals surface area contributed by atoms with Crippen molar-refractivity contribution in [3.05, 3.63) is 64.9 Å². The molecule has 1 fully saturated rings. The Hall–Kier alpha value is -3.88. The van der Waals surface area contributed by atoms with Gasteiger partial charge in [0.05, 0.1) is 37.4 Å². The minimum absolute atomic E-state index is 0.000258. The number of nitrogens with zero attached hydrogens (tertiary/aromatic N) is 4. The van der Waals surface area contributed by atoms with Crippen LogP contribution in [-0.2, 0) is 6.42 Å². The zero-order valence-corrected chi connectivity index (χ0v) is 20.1. The first-order valence-corrected chi connectivity index (χ1v) is 11.7. The highest BCUT2D eigenvalue weighted by Gasteiger charge is 2.32. The molecule has 0 spiro atoms. The molecule has 1 saturated heterocycles. The monoisotopic (exact) mass is 476 g/mol. The highest BCUT2D eigenvalue weighted by molar-refractivity contribution is 5.99. The molecule has 5 rings (SSSR count). The maximum atomic E-state index is 13.1. The van der Waals surface area contributed by atoms with Crippen molar-refractivity contribution in [2.45, 2.75) is 25.7 Å². The molecule has 9 nitrogen and oxygen atoms in total. The largest absolute Gasteiger partial charge is 0.493 e. The number of hydrogen-bond acceptors (Lipinski definition) is 8. The summed E-state index contributed by atoms with van der Waals surface area (Å²) in [5.74, 6) is 2.20. The van der Waals surface area contributed by atoms with E-state index in [9.17, 15) is 9.59 Å². The Kier molecular flexibility index (Phi) is 6.15. The van der Waals surface area contributed by atoms with Crippen molar-refractivity contribution in [3.63, 3.8) is 0 Å². The summed E-state index contributed by atoms with van der Waals surface area (Å²) in [6, 6.07) is 9.18. The molecule has 1 amide bonds. The normalized spacial score (nSPS) is 17.8. The molecule has 3 aromatic rings. The fourth-order valence-electron chi connectivity index (χ4n) is 4.91. The molecule has 2 aliphatic rings. The van der Waals surface area contributed by atoms with Crippen LogP contribution >= 0.6 is 0 Å². The fraction of sp³-hybridized carbons (Fsp3) is 0.385. The van der Waals surface area contributed by atoms with Crippen LogP contribution in [0.3, 0.4) is 0 Å². The summed E-state index contributed by atoms with van der Waals surface area (Å²) >= 11 is 0. The van der Waals surface area contributed by atoms with E-state index >= 15 is 0 Å². The van der Waals surface area contributed by atoms with Gasteiger partial charge in [0.1, 0.15) is 0 Å². The Morgan fingerprint density at radius 1 is 1.03 bits per heavy atom. The summed E-state index contributed by atoms with van der Waals surface area (Å²) in [5.41, 5.74) is 3.13. The van der Waals surface area contributed by atoms with Gasteiger partial charge in [-0.15, -0.1) is 0 Å². The lowest BCUT2D eigenvalue weighted by Crippen LogP contribution is -2.49. The van der Waals surface area contributed by atoms with E-state index in [1.165, 1.54) is 6.26 Å². The lowest BCUT2D eigenvalue weighted by molar-refractivity contribution is 0.0713. The zero-order valence-electron chi connectivity index (χ0n) is 20.1. The molecule has 1 unspecified atom stereocenters. The molecule has 182 valence electrons.